The Morgan fingerprint density at radius 1 is 1.10 bits per heavy atom. The van der Waals surface area contributed by atoms with Crippen LogP contribution in [0.25, 0.3) is 0 Å². The minimum atomic E-state index is -0.326. The van der Waals surface area contributed by atoms with Gasteiger partial charge in [-0.15, -0.1) is 0 Å². The molecule has 1 saturated heterocycles. The van der Waals surface area contributed by atoms with Crippen molar-refractivity contribution in [3.8, 4) is 5.75 Å². The largest absolute Gasteiger partial charge is 0.487 e. The van der Waals surface area contributed by atoms with Crippen LogP contribution in [-0.2, 0) is 4.79 Å². The molecular weight excluding hydrogens is 378 g/mol. The molecule has 2 N–H and O–H groups in total. The molecule has 2 aromatic carbocycles. The van der Waals surface area contributed by atoms with Crippen molar-refractivity contribution in [2.75, 3.05) is 25.5 Å². The van der Waals surface area contributed by atoms with Crippen LogP contribution in [0.4, 0.5) is 10.5 Å². The van der Waals surface area contributed by atoms with Crippen LogP contribution >= 0.6 is 0 Å². The first-order valence-electron chi connectivity index (χ1n) is 10.6. The highest BCUT2D eigenvalue weighted by Gasteiger charge is 2.44. The zero-order chi connectivity index (χ0) is 21.1. The number of carbonyl (C=O) groups is 2. The number of anilines is 1. The number of amides is 3. The first kappa shape index (κ1) is 20.3. The fourth-order valence-corrected chi connectivity index (χ4v) is 4.52. The summed E-state index contributed by atoms with van der Waals surface area (Å²) in [4.78, 5) is 26.6. The summed E-state index contributed by atoms with van der Waals surface area (Å²) in [6.45, 7) is 3.29. The second-order valence-electron chi connectivity index (χ2n) is 8.38. The number of piperidine rings is 1. The highest BCUT2D eigenvalue weighted by molar-refractivity contribution is 5.89. The Morgan fingerprint density at radius 2 is 1.80 bits per heavy atom. The van der Waals surface area contributed by atoms with Crippen LogP contribution in [0.3, 0.4) is 0 Å². The lowest BCUT2D eigenvalue weighted by Gasteiger charge is -2.46. The molecule has 2 aliphatic heterocycles. The van der Waals surface area contributed by atoms with E-state index in [0.29, 0.717) is 19.5 Å². The number of benzene rings is 2. The lowest BCUT2D eigenvalue weighted by atomic mass is 9.76. The number of nitrogens with one attached hydrogen (secondary N) is 2. The summed E-state index contributed by atoms with van der Waals surface area (Å²) in [5.41, 5.74) is 2.74. The number of para-hydroxylation sites is 1. The normalized spacial score (nSPS) is 19.5. The summed E-state index contributed by atoms with van der Waals surface area (Å²) in [7, 11) is 1.68. The van der Waals surface area contributed by atoms with Gasteiger partial charge in [-0.05, 0) is 37.1 Å². The van der Waals surface area contributed by atoms with Crippen LogP contribution in [0.1, 0.15) is 42.7 Å². The second kappa shape index (κ2) is 8.38. The van der Waals surface area contributed by atoms with Gasteiger partial charge in [-0.2, -0.15) is 0 Å². The minimum Gasteiger partial charge on any atom is -0.487 e. The van der Waals surface area contributed by atoms with Crippen molar-refractivity contribution in [2.24, 2.45) is 0 Å². The van der Waals surface area contributed by atoms with Gasteiger partial charge in [0.15, 0.2) is 0 Å². The number of hydrogen-bond donors (Lipinski definition) is 2. The van der Waals surface area contributed by atoms with Crippen LogP contribution in [0.15, 0.2) is 48.5 Å². The third kappa shape index (κ3) is 4.27. The fraction of sp³-hybridized carbons (Fsp3) is 0.417. The fourth-order valence-electron chi connectivity index (χ4n) is 4.52. The van der Waals surface area contributed by atoms with Gasteiger partial charge in [0.25, 0.3) is 0 Å². The first-order valence-corrected chi connectivity index (χ1v) is 10.6. The molecule has 0 radical (unpaired) electrons. The molecule has 4 rings (SSSR count). The molecule has 0 unspecified atom stereocenters. The van der Waals surface area contributed by atoms with E-state index in [0.717, 1.165) is 41.8 Å². The van der Waals surface area contributed by atoms with Gasteiger partial charge in [0.05, 0.1) is 0 Å². The molecular formula is C24H29N3O3. The van der Waals surface area contributed by atoms with E-state index < -0.39 is 0 Å². The SMILES string of the molecule is CNC(=O)C[C@@H]1CC2(CCN(C(=O)Nc3ccc(C)cc3)CC2)Oc2ccccc21. The standard InChI is InChI=1S/C24H29N3O3/c1-17-7-9-19(10-8-17)26-23(29)27-13-11-24(12-14-27)16-18(15-22(28)25-2)20-5-3-4-6-21(20)30-24/h3-10,18H,11-16H2,1-2H3,(H,25,28)(H,26,29)/t18-/m1/s1. The zero-order valence-corrected chi connectivity index (χ0v) is 17.6. The molecule has 1 spiro atoms. The molecule has 3 amide bonds. The average molecular weight is 408 g/mol. The Labute approximate surface area is 177 Å². The number of rotatable bonds is 3. The van der Waals surface area contributed by atoms with E-state index in [9.17, 15) is 9.59 Å². The van der Waals surface area contributed by atoms with E-state index in [-0.39, 0.29) is 23.5 Å². The van der Waals surface area contributed by atoms with Crippen molar-refractivity contribution in [1.82, 2.24) is 10.2 Å². The van der Waals surface area contributed by atoms with Gasteiger partial charge in [-0.25, -0.2) is 4.79 Å². The monoisotopic (exact) mass is 407 g/mol. The summed E-state index contributed by atoms with van der Waals surface area (Å²) < 4.78 is 6.48. The van der Waals surface area contributed by atoms with Crippen molar-refractivity contribution >= 4 is 17.6 Å². The van der Waals surface area contributed by atoms with Crippen LogP contribution < -0.4 is 15.4 Å². The van der Waals surface area contributed by atoms with E-state index in [1.54, 1.807) is 7.05 Å². The van der Waals surface area contributed by atoms with Crippen molar-refractivity contribution in [2.45, 2.75) is 44.1 Å². The Bertz CT molecular complexity index is 918. The molecule has 6 heteroatoms. The summed E-state index contributed by atoms with van der Waals surface area (Å²) in [5, 5.41) is 5.72. The highest BCUT2D eigenvalue weighted by atomic mass is 16.5. The Morgan fingerprint density at radius 3 is 2.50 bits per heavy atom. The first-order chi connectivity index (χ1) is 14.5. The number of ether oxygens (including phenoxy) is 1. The van der Waals surface area contributed by atoms with E-state index in [1.807, 2.05) is 54.3 Å². The van der Waals surface area contributed by atoms with E-state index in [2.05, 4.69) is 16.7 Å². The van der Waals surface area contributed by atoms with Gasteiger partial charge >= 0.3 is 6.03 Å². The second-order valence-corrected chi connectivity index (χ2v) is 8.38. The molecule has 2 aromatic rings. The summed E-state index contributed by atoms with van der Waals surface area (Å²) >= 11 is 0. The molecule has 0 aromatic heterocycles. The maximum Gasteiger partial charge on any atom is 0.321 e. The Hall–Kier alpha value is -3.02. The van der Waals surface area contributed by atoms with Gasteiger partial charge in [0.1, 0.15) is 11.4 Å². The van der Waals surface area contributed by atoms with Gasteiger partial charge in [0, 0.05) is 51.0 Å². The van der Waals surface area contributed by atoms with E-state index in [1.165, 1.54) is 0 Å². The third-order valence-corrected chi connectivity index (χ3v) is 6.28. The smallest absolute Gasteiger partial charge is 0.321 e. The van der Waals surface area contributed by atoms with Gasteiger partial charge in [-0.3, -0.25) is 4.79 Å². The molecule has 1 fully saturated rings. The van der Waals surface area contributed by atoms with Crippen LogP contribution in [0, 0.1) is 6.92 Å². The van der Waals surface area contributed by atoms with Crippen molar-refractivity contribution < 1.29 is 14.3 Å². The predicted molar refractivity (Wildman–Crippen MR) is 117 cm³/mol. The van der Waals surface area contributed by atoms with Crippen LogP contribution in [0.5, 0.6) is 5.75 Å². The lowest BCUT2D eigenvalue weighted by molar-refractivity contribution is -0.121. The molecule has 1 atom stereocenters. The molecule has 2 aliphatic rings. The maximum atomic E-state index is 12.7. The molecule has 30 heavy (non-hydrogen) atoms. The summed E-state index contributed by atoms with van der Waals surface area (Å²) in [6.07, 6.45) is 2.76. The van der Waals surface area contributed by atoms with Gasteiger partial charge in [-0.1, -0.05) is 35.9 Å². The molecule has 0 aliphatic carbocycles. The molecule has 2 heterocycles. The average Bonchev–Trinajstić information content (AvgIpc) is 2.75. The van der Waals surface area contributed by atoms with Crippen molar-refractivity contribution in [3.05, 3.63) is 59.7 Å². The van der Waals surface area contributed by atoms with Gasteiger partial charge in [0.2, 0.25) is 5.91 Å². The topological polar surface area (TPSA) is 70.7 Å². The molecule has 0 bridgehead atoms. The van der Waals surface area contributed by atoms with Crippen LogP contribution in [0.2, 0.25) is 0 Å². The number of carbonyl (C=O) groups excluding carboxylic acids is 2. The zero-order valence-electron chi connectivity index (χ0n) is 17.6. The number of aryl methyl sites for hydroxylation is 1. The maximum absolute atomic E-state index is 12.7. The summed E-state index contributed by atoms with van der Waals surface area (Å²) in [6, 6.07) is 15.7. The molecule has 0 saturated carbocycles. The lowest BCUT2D eigenvalue weighted by Crippen LogP contribution is -2.52. The quantitative estimate of drug-likeness (QED) is 0.806. The third-order valence-electron chi connectivity index (χ3n) is 6.28. The number of hydrogen-bond acceptors (Lipinski definition) is 3. The number of fused-ring (bicyclic) bond motifs is 1. The molecule has 6 nitrogen and oxygen atoms in total. The van der Waals surface area contributed by atoms with E-state index in [4.69, 9.17) is 4.74 Å². The highest BCUT2D eigenvalue weighted by Crippen LogP contribution is 2.46. The van der Waals surface area contributed by atoms with Crippen molar-refractivity contribution in [3.63, 3.8) is 0 Å². The Balaban J connectivity index is 1.43. The number of nitrogens with zero attached hydrogens (tertiary/aromatic N) is 1. The molecule has 158 valence electrons. The number of urea groups is 1. The van der Waals surface area contributed by atoms with Crippen molar-refractivity contribution in [1.29, 1.82) is 0 Å². The Kier molecular flexibility index (Phi) is 5.66. The predicted octanol–water partition coefficient (Wildman–Crippen LogP) is 4.06. The summed E-state index contributed by atoms with van der Waals surface area (Å²) in [5.74, 6) is 1.04. The van der Waals surface area contributed by atoms with Gasteiger partial charge < -0.3 is 20.3 Å². The van der Waals surface area contributed by atoms with Crippen LogP contribution in [-0.4, -0.2) is 42.6 Å². The number of likely N-dealkylation sites (tertiary alicyclic amines) is 1. The van der Waals surface area contributed by atoms with E-state index >= 15 is 0 Å². The minimum absolute atomic E-state index is 0.0433.